The van der Waals surface area contributed by atoms with Crippen molar-refractivity contribution in [3.05, 3.63) is 29.8 Å². The van der Waals surface area contributed by atoms with Crippen LogP contribution < -0.4 is 0 Å². The first-order valence-electron chi connectivity index (χ1n) is 6.74. The van der Waals surface area contributed by atoms with Crippen LogP contribution in [-0.2, 0) is 0 Å². The Morgan fingerprint density at radius 3 is 2.41 bits per heavy atom. The lowest BCUT2D eigenvalue weighted by atomic mass is 10.0. The lowest BCUT2D eigenvalue weighted by molar-refractivity contribution is 0.173. The quantitative estimate of drug-likeness (QED) is 0.845. The van der Waals surface area contributed by atoms with E-state index in [1.54, 1.807) is 0 Å². The molecule has 94 valence electrons. The maximum absolute atomic E-state index is 9.73. The van der Waals surface area contributed by atoms with Gasteiger partial charge in [-0.15, -0.1) is 11.8 Å². The van der Waals surface area contributed by atoms with Gasteiger partial charge < -0.3 is 5.11 Å². The molecule has 17 heavy (non-hydrogen) atoms. The second-order valence-electron chi connectivity index (χ2n) is 4.87. The highest BCUT2D eigenvalue weighted by atomic mass is 32.2. The maximum Gasteiger partial charge on any atom is 0.0787 e. The van der Waals surface area contributed by atoms with Gasteiger partial charge in [-0.05, 0) is 37.0 Å². The molecule has 1 nitrogen and oxygen atoms in total. The minimum absolute atomic E-state index is 0.302. The van der Waals surface area contributed by atoms with E-state index in [4.69, 9.17) is 0 Å². The molecule has 1 aliphatic carbocycles. The van der Waals surface area contributed by atoms with Crippen LogP contribution in [-0.4, -0.2) is 10.4 Å². The zero-order valence-electron chi connectivity index (χ0n) is 10.6. The van der Waals surface area contributed by atoms with Crippen LogP contribution in [0.1, 0.15) is 57.1 Å². The van der Waals surface area contributed by atoms with E-state index in [0.717, 1.165) is 17.2 Å². The van der Waals surface area contributed by atoms with Crippen molar-refractivity contribution < 1.29 is 5.11 Å². The fourth-order valence-electron chi connectivity index (χ4n) is 2.38. The summed E-state index contributed by atoms with van der Waals surface area (Å²) in [5.41, 5.74) is 1.04. The van der Waals surface area contributed by atoms with Crippen molar-refractivity contribution in [3.8, 4) is 0 Å². The predicted molar refractivity (Wildman–Crippen MR) is 74.4 cm³/mol. The Morgan fingerprint density at radius 1 is 1.18 bits per heavy atom. The summed E-state index contributed by atoms with van der Waals surface area (Å²) in [6, 6.07) is 8.46. The van der Waals surface area contributed by atoms with Crippen molar-refractivity contribution in [2.45, 2.75) is 61.7 Å². The van der Waals surface area contributed by atoms with Crippen molar-refractivity contribution in [2.24, 2.45) is 0 Å². The highest BCUT2D eigenvalue weighted by Gasteiger charge is 2.14. The van der Waals surface area contributed by atoms with Gasteiger partial charge in [0.2, 0.25) is 0 Å². The van der Waals surface area contributed by atoms with Crippen LogP contribution in [0.4, 0.5) is 0 Å². The van der Waals surface area contributed by atoms with E-state index in [9.17, 15) is 5.11 Å². The molecule has 0 amide bonds. The Hall–Kier alpha value is -0.470. The molecule has 1 unspecified atom stereocenters. The first kappa shape index (κ1) is 13.0. The third-order valence-corrected chi connectivity index (χ3v) is 4.86. The molecule has 1 saturated carbocycles. The molecule has 1 aromatic rings. The summed E-state index contributed by atoms with van der Waals surface area (Å²) < 4.78 is 0. The Labute approximate surface area is 109 Å². The van der Waals surface area contributed by atoms with E-state index in [0.29, 0.717) is 0 Å². The molecule has 0 bridgehead atoms. The average molecular weight is 250 g/mol. The van der Waals surface area contributed by atoms with Crippen molar-refractivity contribution in [2.75, 3.05) is 0 Å². The fourth-order valence-corrected chi connectivity index (χ4v) is 3.63. The normalized spacial score (nSPS) is 19.2. The second kappa shape index (κ2) is 6.46. The Kier molecular flexibility index (Phi) is 4.93. The first-order valence-corrected chi connectivity index (χ1v) is 7.62. The highest BCUT2D eigenvalue weighted by Crippen LogP contribution is 2.34. The SMILES string of the molecule is CCC(O)c1ccc(SC2CCCCC2)cc1. The van der Waals surface area contributed by atoms with Gasteiger partial charge in [-0.1, -0.05) is 38.3 Å². The van der Waals surface area contributed by atoms with Gasteiger partial charge in [-0.2, -0.15) is 0 Å². The summed E-state index contributed by atoms with van der Waals surface area (Å²) in [6.45, 7) is 2.01. The van der Waals surface area contributed by atoms with Crippen LogP contribution in [0, 0.1) is 0 Å². The molecule has 0 radical (unpaired) electrons. The van der Waals surface area contributed by atoms with E-state index in [1.165, 1.54) is 37.0 Å². The first-order chi connectivity index (χ1) is 8.29. The van der Waals surface area contributed by atoms with Crippen molar-refractivity contribution in [1.82, 2.24) is 0 Å². The summed E-state index contributed by atoms with van der Waals surface area (Å²) in [5, 5.41) is 10.5. The largest absolute Gasteiger partial charge is 0.388 e. The third-order valence-electron chi connectivity index (χ3n) is 3.51. The summed E-state index contributed by atoms with van der Waals surface area (Å²) >= 11 is 2.01. The average Bonchev–Trinajstić information content (AvgIpc) is 2.40. The minimum Gasteiger partial charge on any atom is -0.388 e. The van der Waals surface area contributed by atoms with Crippen molar-refractivity contribution in [1.29, 1.82) is 0 Å². The van der Waals surface area contributed by atoms with Crippen LogP contribution in [0.25, 0.3) is 0 Å². The Morgan fingerprint density at radius 2 is 1.82 bits per heavy atom. The van der Waals surface area contributed by atoms with Gasteiger partial charge in [-0.25, -0.2) is 0 Å². The minimum atomic E-state index is -0.302. The van der Waals surface area contributed by atoms with Gasteiger partial charge in [0.1, 0.15) is 0 Å². The topological polar surface area (TPSA) is 20.2 Å². The van der Waals surface area contributed by atoms with E-state index in [-0.39, 0.29) is 6.10 Å². The van der Waals surface area contributed by atoms with Gasteiger partial charge in [0, 0.05) is 10.1 Å². The molecule has 1 fully saturated rings. The van der Waals surface area contributed by atoms with Gasteiger partial charge >= 0.3 is 0 Å². The number of aliphatic hydroxyl groups is 1. The third kappa shape index (κ3) is 3.75. The predicted octanol–water partition coefficient (Wildman–Crippen LogP) is 4.55. The molecule has 1 atom stereocenters. The molecule has 1 aliphatic rings. The molecular formula is C15H22OS. The van der Waals surface area contributed by atoms with E-state index < -0.39 is 0 Å². The maximum atomic E-state index is 9.73. The molecule has 0 heterocycles. The van der Waals surface area contributed by atoms with Crippen molar-refractivity contribution in [3.63, 3.8) is 0 Å². The van der Waals surface area contributed by atoms with Gasteiger partial charge in [-0.3, -0.25) is 0 Å². The van der Waals surface area contributed by atoms with Gasteiger partial charge in [0.05, 0.1) is 6.10 Å². The standard InChI is InChI=1S/C15H22OS/c1-2-15(16)12-8-10-14(11-9-12)17-13-6-4-3-5-7-13/h8-11,13,15-16H,2-7H2,1H3. The van der Waals surface area contributed by atoms with Crippen LogP contribution in [0.5, 0.6) is 0 Å². The number of rotatable bonds is 4. The molecule has 1 aromatic carbocycles. The molecule has 2 rings (SSSR count). The Bertz CT molecular complexity index is 327. The molecule has 0 aliphatic heterocycles. The van der Waals surface area contributed by atoms with Crippen LogP contribution in [0.2, 0.25) is 0 Å². The lowest BCUT2D eigenvalue weighted by Crippen LogP contribution is -2.07. The zero-order valence-corrected chi connectivity index (χ0v) is 11.4. The smallest absolute Gasteiger partial charge is 0.0787 e. The van der Waals surface area contributed by atoms with Gasteiger partial charge in [0.15, 0.2) is 0 Å². The summed E-state index contributed by atoms with van der Waals surface area (Å²) in [6.07, 6.45) is 7.42. The fraction of sp³-hybridized carbons (Fsp3) is 0.600. The van der Waals surface area contributed by atoms with E-state index >= 15 is 0 Å². The van der Waals surface area contributed by atoms with E-state index in [2.05, 4.69) is 24.3 Å². The molecule has 1 N–H and O–H groups in total. The summed E-state index contributed by atoms with van der Waals surface area (Å²) in [5.74, 6) is 0. The van der Waals surface area contributed by atoms with Gasteiger partial charge in [0.25, 0.3) is 0 Å². The number of hydrogen-bond donors (Lipinski definition) is 1. The lowest BCUT2D eigenvalue weighted by Gasteiger charge is -2.21. The monoisotopic (exact) mass is 250 g/mol. The van der Waals surface area contributed by atoms with Crippen LogP contribution in [0.15, 0.2) is 29.2 Å². The van der Waals surface area contributed by atoms with Crippen LogP contribution >= 0.6 is 11.8 Å². The number of thioether (sulfide) groups is 1. The van der Waals surface area contributed by atoms with Crippen LogP contribution in [0.3, 0.4) is 0 Å². The molecular weight excluding hydrogens is 228 g/mol. The second-order valence-corrected chi connectivity index (χ2v) is 6.24. The Balaban J connectivity index is 1.93. The highest BCUT2D eigenvalue weighted by molar-refractivity contribution is 8.00. The van der Waals surface area contributed by atoms with E-state index in [1.807, 2.05) is 18.7 Å². The summed E-state index contributed by atoms with van der Waals surface area (Å²) in [4.78, 5) is 1.35. The van der Waals surface area contributed by atoms with Crippen molar-refractivity contribution >= 4 is 11.8 Å². The molecule has 0 spiro atoms. The number of benzene rings is 1. The number of aliphatic hydroxyl groups excluding tert-OH is 1. The summed E-state index contributed by atoms with van der Waals surface area (Å²) in [7, 11) is 0. The molecule has 0 aromatic heterocycles. The molecule has 0 saturated heterocycles. The molecule has 2 heteroatoms. The zero-order chi connectivity index (χ0) is 12.1. The number of hydrogen-bond acceptors (Lipinski definition) is 2.